The first-order valence-corrected chi connectivity index (χ1v) is 8.15. The molecule has 1 heteroatoms. The molecule has 19 heavy (non-hydrogen) atoms. The summed E-state index contributed by atoms with van der Waals surface area (Å²) in [5, 5.41) is 0. The van der Waals surface area contributed by atoms with Gasteiger partial charge in [-0.25, -0.2) is 0 Å². The number of hydrogen-bond acceptors (Lipinski definition) is 1. The van der Waals surface area contributed by atoms with Crippen LogP contribution >= 0.6 is 0 Å². The topological polar surface area (TPSA) is 12.9 Å². The number of aromatic nitrogens is 1. The third-order valence-electron chi connectivity index (χ3n) is 4.26. The smallest absolute Gasteiger partial charge is 0.0270 e. The van der Waals surface area contributed by atoms with E-state index in [9.17, 15) is 0 Å². The zero-order valence-corrected chi connectivity index (χ0v) is 13.1. The molecule has 0 spiro atoms. The second-order valence-electron chi connectivity index (χ2n) is 5.96. The molecule has 1 aromatic rings. The molecule has 0 N–H and O–H groups in total. The second-order valence-corrected chi connectivity index (χ2v) is 5.96. The molecule has 0 radical (unpaired) electrons. The van der Waals surface area contributed by atoms with Gasteiger partial charge in [-0.1, -0.05) is 40.0 Å². The van der Waals surface area contributed by atoms with E-state index >= 15 is 0 Å². The van der Waals surface area contributed by atoms with E-state index in [-0.39, 0.29) is 0 Å². The highest BCUT2D eigenvalue weighted by Crippen LogP contribution is 2.39. The van der Waals surface area contributed by atoms with Crippen LogP contribution in [0.4, 0.5) is 0 Å². The Hall–Kier alpha value is -0.850. The van der Waals surface area contributed by atoms with Crippen molar-refractivity contribution in [1.29, 1.82) is 0 Å². The molecule has 1 heterocycles. The van der Waals surface area contributed by atoms with Crippen LogP contribution in [0.2, 0.25) is 0 Å². The van der Waals surface area contributed by atoms with Crippen LogP contribution < -0.4 is 0 Å². The Morgan fingerprint density at radius 3 is 1.84 bits per heavy atom. The van der Waals surface area contributed by atoms with Gasteiger partial charge >= 0.3 is 0 Å². The van der Waals surface area contributed by atoms with Gasteiger partial charge in [0.25, 0.3) is 0 Å². The fraction of sp³-hybridized carbons (Fsp3) is 0.722. The lowest BCUT2D eigenvalue weighted by Crippen LogP contribution is -2.20. The van der Waals surface area contributed by atoms with Crippen LogP contribution in [-0.2, 0) is 6.42 Å². The first-order valence-electron chi connectivity index (χ1n) is 8.15. The molecule has 0 saturated heterocycles. The summed E-state index contributed by atoms with van der Waals surface area (Å²) >= 11 is 0. The van der Waals surface area contributed by atoms with Gasteiger partial charge in [-0.15, -0.1) is 0 Å². The quantitative estimate of drug-likeness (QED) is 0.519. The van der Waals surface area contributed by atoms with Gasteiger partial charge in [-0.2, -0.15) is 0 Å². The molecule has 0 unspecified atom stereocenters. The van der Waals surface area contributed by atoms with Gasteiger partial charge in [0.05, 0.1) is 0 Å². The van der Waals surface area contributed by atoms with Crippen LogP contribution in [0, 0.1) is 5.41 Å². The molecule has 1 rings (SSSR count). The van der Waals surface area contributed by atoms with E-state index in [0.717, 1.165) is 0 Å². The van der Waals surface area contributed by atoms with E-state index in [1.807, 2.05) is 12.4 Å². The average molecular weight is 261 g/mol. The minimum atomic E-state index is 0.616. The molecule has 1 nitrogen and oxygen atoms in total. The predicted octanol–water partition coefficient (Wildman–Crippen LogP) is 5.79. The Balaban J connectivity index is 2.51. The maximum atomic E-state index is 4.09. The summed E-state index contributed by atoms with van der Waals surface area (Å²) in [6.07, 6.45) is 16.0. The van der Waals surface area contributed by atoms with Crippen molar-refractivity contribution in [3.8, 4) is 0 Å². The molecule has 0 aromatic carbocycles. The van der Waals surface area contributed by atoms with Gasteiger partial charge < -0.3 is 0 Å². The number of pyridine rings is 1. The van der Waals surface area contributed by atoms with Gasteiger partial charge in [0, 0.05) is 12.4 Å². The highest BCUT2D eigenvalue weighted by atomic mass is 14.6. The number of rotatable bonds is 10. The Bertz CT molecular complexity index is 301. The van der Waals surface area contributed by atoms with Crippen molar-refractivity contribution >= 4 is 0 Å². The summed E-state index contributed by atoms with van der Waals surface area (Å²) < 4.78 is 0. The molecular formula is C18H31N. The van der Waals surface area contributed by atoms with Gasteiger partial charge in [-0.3, -0.25) is 4.98 Å². The molecule has 0 fully saturated rings. The number of nitrogens with zero attached hydrogens (tertiary/aromatic N) is 1. The maximum Gasteiger partial charge on any atom is 0.0270 e. The molecule has 0 saturated carbocycles. The third-order valence-corrected chi connectivity index (χ3v) is 4.26. The van der Waals surface area contributed by atoms with Crippen LogP contribution in [-0.4, -0.2) is 4.98 Å². The van der Waals surface area contributed by atoms with Gasteiger partial charge in [0.2, 0.25) is 0 Å². The van der Waals surface area contributed by atoms with Crippen molar-refractivity contribution in [1.82, 2.24) is 4.98 Å². The lowest BCUT2D eigenvalue weighted by molar-refractivity contribution is 0.188. The lowest BCUT2D eigenvalue weighted by Gasteiger charge is -2.34. The Kier molecular flexibility index (Phi) is 7.78. The zero-order chi connectivity index (χ0) is 14.0. The van der Waals surface area contributed by atoms with Gasteiger partial charge in [0.1, 0.15) is 0 Å². The van der Waals surface area contributed by atoms with E-state index in [1.165, 1.54) is 63.4 Å². The highest BCUT2D eigenvalue weighted by Gasteiger charge is 2.26. The van der Waals surface area contributed by atoms with E-state index in [4.69, 9.17) is 0 Å². The summed E-state index contributed by atoms with van der Waals surface area (Å²) in [5.41, 5.74) is 2.05. The summed E-state index contributed by atoms with van der Waals surface area (Å²) in [7, 11) is 0. The first kappa shape index (κ1) is 16.2. The maximum absolute atomic E-state index is 4.09. The fourth-order valence-electron chi connectivity index (χ4n) is 3.56. The molecule has 108 valence electrons. The van der Waals surface area contributed by atoms with Crippen LogP contribution in [0.5, 0.6) is 0 Å². The average Bonchev–Trinajstić information content (AvgIpc) is 2.41. The Labute approximate surface area is 119 Å². The van der Waals surface area contributed by atoms with E-state index in [0.29, 0.717) is 5.41 Å². The summed E-state index contributed by atoms with van der Waals surface area (Å²) in [6.45, 7) is 7.01. The minimum Gasteiger partial charge on any atom is -0.265 e. The first-order chi connectivity index (χ1) is 9.26. The van der Waals surface area contributed by atoms with Crippen molar-refractivity contribution in [2.75, 3.05) is 0 Å². The highest BCUT2D eigenvalue weighted by molar-refractivity contribution is 5.09. The van der Waals surface area contributed by atoms with E-state index < -0.39 is 0 Å². The van der Waals surface area contributed by atoms with Crippen LogP contribution in [0.15, 0.2) is 24.5 Å². The van der Waals surface area contributed by atoms with E-state index in [2.05, 4.69) is 37.9 Å². The largest absolute Gasteiger partial charge is 0.265 e. The SMILES string of the molecule is CCCC(CCC)(CCC)CCCc1ccncc1. The Morgan fingerprint density at radius 1 is 0.842 bits per heavy atom. The molecule has 0 bridgehead atoms. The van der Waals surface area contributed by atoms with Crippen molar-refractivity contribution in [3.05, 3.63) is 30.1 Å². The van der Waals surface area contributed by atoms with Crippen molar-refractivity contribution in [2.45, 2.75) is 78.6 Å². The summed E-state index contributed by atoms with van der Waals surface area (Å²) in [6, 6.07) is 4.31. The van der Waals surface area contributed by atoms with Crippen LogP contribution in [0.25, 0.3) is 0 Å². The van der Waals surface area contributed by atoms with Gasteiger partial charge in [-0.05, 0) is 61.6 Å². The summed E-state index contributed by atoms with van der Waals surface area (Å²) in [4.78, 5) is 4.09. The molecule has 0 aliphatic heterocycles. The summed E-state index contributed by atoms with van der Waals surface area (Å²) in [5.74, 6) is 0. The molecule has 0 aliphatic carbocycles. The van der Waals surface area contributed by atoms with E-state index in [1.54, 1.807) is 0 Å². The Morgan fingerprint density at radius 2 is 1.37 bits per heavy atom. The standard InChI is InChI=1S/C18H31N/c1-4-11-18(12-5-2,13-6-3)14-7-8-17-9-15-19-16-10-17/h9-10,15-16H,4-8,11-14H2,1-3H3. The van der Waals surface area contributed by atoms with Crippen molar-refractivity contribution in [3.63, 3.8) is 0 Å². The normalized spacial score (nSPS) is 11.7. The predicted molar refractivity (Wildman–Crippen MR) is 84.3 cm³/mol. The molecule has 1 aromatic heterocycles. The van der Waals surface area contributed by atoms with Crippen LogP contribution in [0.1, 0.15) is 77.7 Å². The van der Waals surface area contributed by atoms with Crippen molar-refractivity contribution in [2.24, 2.45) is 5.41 Å². The molecular weight excluding hydrogens is 230 g/mol. The van der Waals surface area contributed by atoms with Crippen molar-refractivity contribution < 1.29 is 0 Å². The molecule has 0 atom stereocenters. The third kappa shape index (κ3) is 5.76. The van der Waals surface area contributed by atoms with Crippen LogP contribution in [0.3, 0.4) is 0 Å². The second kappa shape index (κ2) is 9.12. The molecule has 0 aliphatic rings. The lowest BCUT2D eigenvalue weighted by atomic mass is 9.72. The van der Waals surface area contributed by atoms with Gasteiger partial charge in [0.15, 0.2) is 0 Å². The monoisotopic (exact) mass is 261 g/mol. The number of hydrogen-bond donors (Lipinski definition) is 0. The number of aryl methyl sites for hydroxylation is 1. The molecule has 0 amide bonds. The zero-order valence-electron chi connectivity index (χ0n) is 13.1. The minimum absolute atomic E-state index is 0.616. The fourth-order valence-corrected chi connectivity index (χ4v) is 3.56.